The van der Waals surface area contributed by atoms with Gasteiger partial charge in [0.05, 0.1) is 6.04 Å². The summed E-state index contributed by atoms with van der Waals surface area (Å²) >= 11 is 5.90. The lowest BCUT2D eigenvalue weighted by molar-refractivity contribution is -0.128. The normalized spacial score (nSPS) is 15.3. The number of hydrogen-bond acceptors (Lipinski definition) is 2. The van der Waals surface area contributed by atoms with Crippen molar-refractivity contribution >= 4 is 23.4 Å². The van der Waals surface area contributed by atoms with E-state index in [1.54, 1.807) is 6.07 Å². The molecular weight excluding hydrogens is 336 g/mol. The highest BCUT2D eigenvalue weighted by atomic mass is 35.5. The van der Waals surface area contributed by atoms with Gasteiger partial charge in [0.2, 0.25) is 5.91 Å². The number of likely N-dealkylation sites (tertiary alicyclic amines) is 1. The topological polar surface area (TPSA) is 49.4 Å². The van der Waals surface area contributed by atoms with Crippen LogP contribution in [0.5, 0.6) is 0 Å². The first-order chi connectivity index (χ1) is 12.0. The van der Waals surface area contributed by atoms with Crippen LogP contribution in [0.2, 0.25) is 5.02 Å². The van der Waals surface area contributed by atoms with Crippen molar-refractivity contribution in [2.24, 2.45) is 0 Å². The van der Waals surface area contributed by atoms with E-state index in [1.165, 1.54) is 0 Å². The molecular formula is C20H21ClN2O2. The van der Waals surface area contributed by atoms with Crippen LogP contribution >= 0.6 is 11.6 Å². The van der Waals surface area contributed by atoms with E-state index in [0.29, 0.717) is 23.6 Å². The molecule has 1 atom stereocenters. The predicted molar refractivity (Wildman–Crippen MR) is 98.4 cm³/mol. The number of amides is 2. The van der Waals surface area contributed by atoms with Crippen molar-refractivity contribution in [3.8, 4) is 0 Å². The van der Waals surface area contributed by atoms with E-state index in [1.807, 2.05) is 54.3 Å². The van der Waals surface area contributed by atoms with E-state index < -0.39 is 0 Å². The van der Waals surface area contributed by atoms with Crippen LogP contribution < -0.4 is 5.32 Å². The van der Waals surface area contributed by atoms with Gasteiger partial charge in [-0.3, -0.25) is 9.59 Å². The van der Waals surface area contributed by atoms with Gasteiger partial charge in [-0.15, -0.1) is 0 Å². The number of carbonyl (C=O) groups is 2. The maximum atomic E-state index is 12.5. The van der Waals surface area contributed by atoms with E-state index in [0.717, 1.165) is 24.1 Å². The van der Waals surface area contributed by atoms with Crippen LogP contribution in [0.15, 0.2) is 48.5 Å². The highest BCUT2D eigenvalue weighted by molar-refractivity contribution is 6.30. The second-order valence-electron chi connectivity index (χ2n) is 6.37. The fourth-order valence-corrected chi connectivity index (χ4v) is 3.14. The summed E-state index contributed by atoms with van der Waals surface area (Å²) in [6, 6.07) is 14.8. The van der Waals surface area contributed by atoms with Gasteiger partial charge in [0.1, 0.15) is 0 Å². The summed E-state index contributed by atoms with van der Waals surface area (Å²) < 4.78 is 0. The maximum Gasteiger partial charge on any atom is 0.251 e. The summed E-state index contributed by atoms with van der Waals surface area (Å²) in [5, 5.41) is 3.67. The standard InChI is InChI=1S/C20H21ClN2O2/c1-14(16-7-9-18(21)10-8-16)22-20(25)17-5-2-4-15(12-17)13-23-11-3-6-19(23)24/h2,4-5,7-10,12,14H,3,6,11,13H2,1H3,(H,22,25)/t14-/m0/s1. The summed E-state index contributed by atoms with van der Waals surface area (Å²) in [4.78, 5) is 26.1. The molecule has 1 N–H and O–H groups in total. The zero-order chi connectivity index (χ0) is 17.8. The van der Waals surface area contributed by atoms with Crippen molar-refractivity contribution in [2.45, 2.75) is 32.4 Å². The maximum absolute atomic E-state index is 12.5. The molecule has 1 fully saturated rings. The molecule has 1 saturated heterocycles. The molecule has 2 aromatic carbocycles. The minimum atomic E-state index is -0.128. The molecule has 0 radical (unpaired) electrons. The van der Waals surface area contributed by atoms with E-state index >= 15 is 0 Å². The molecule has 25 heavy (non-hydrogen) atoms. The number of benzene rings is 2. The Balaban J connectivity index is 1.66. The largest absolute Gasteiger partial charge is 0.346 e. The number of carbonyl (C=O) groups excluding carboxylic acids is 2. The molecule has 3 rings (SSSR count). The van der Waals surface area contributed by atoms with Crippen molar-refractivity contribution in [1.29, 1.82) is 0 Å². The van der Waals surface area contributed by atoms with Gasteiger partial charge in [-0.1, -0.05) is 35.9 Å². The Morgan fingerprint density at radius 3 is 2.68 bits per heavy atom. The summed E-state index contributed by atoms with van der Waals surface area (Å²) in [6.07, 6.45) is 1.54. The Labute approximate surface area is 152 Å². The van der Waals surface area contributed by atoms with Gasteiger partial charge >= 0.3 is 0 Å². The highest BCUT2D eigenvalue weighted by Crippen LogP contribution is 2.18. The summed E-state index contributed by atoms with van der Waals surface area (Å²) in [5.41, 5.74) is 2.57. The number of nitrogens with zero attached hydrogens (tertiary/aromatic N) is 1. The van der Waals surface area contributed by atoms with Crippen LogP contribution in [-0.4, -0.2) is 23.3 Å². The third-order valence-corrected chi connectivity index (χ3v) is 4.70. The molecule has 0 aromatic heterocycles. The smallest absolute Gasteiger partial charge is 0.251 e. The predicted octanol–water partition coefficient (Wildman–Crippen LogP) is 3.95. The Bertz CT molecular complexity index is 774. The number of nitrogens with one attached hydrogen (secondary N) is 1. The molecule has 1 aliphatic heterocycles. The van der Waals surface area contributed by atoms with E-state index in [9.17, 15) is 9.59 Å². The molecule has 2 amide bonds. The Morgan fingerprint density at radius 1 is 1.24 bits per heavy atom. The van der Waals surface area contributed by atoms with Gasteiger partial charge in [0, 0.05) is 30.1 Å². The average Bonchev–Trinajstić information content (AvgIpc) is 3.00. The van der Waals surface area contributed by atoms with Crippen LogP contribution in [0.3, 0.4) is 0 Å². The van der Waals surface area contributed by atoms with Gasteiger partial charge < -0.3 is 10.2 Å². The second-order valence-corrected chi connectivity index (χ2v) is 6.80. The van der Waals surface area contributed by atoms with Crippen LogP contribution in [0.25, 0.3) is 0 Å². The zero-order valence-electron chi connectivity index (χ0n) is 14.2. The molecule has 0 bridgehead atoms. The third-order valence-electron chi connectivity index (χ3n) is 4.45. The van der Waals surface area contributed by atoms with Crippen LogP contribution in [0.1, 0.15) is 47.3 Å². The summed E-state index contributed by atoms with van der Waals surface area (Å²) in [6.45, 7) is 3.30. The lowest BCUT2D eigenvalue weighted by atomic mass is 10.1. The first kappa shape index (κ1) is 17.5. The van der Waals surface area contributed by atoms with Gasteiger partial charge in [-0.2, -0.15) is 0 Å². The Morgan fingerprint density at radius 2 is 2.00 bits per heavy atom. The molecule has 1 aliphatic rings. The Kier molecular flexibility index (Phi) is 5.39. The highest BCUT2D eigenvalue weighted by Gasteiger charge is 2.20. The number of halogens is 1. The van der Waals surface area contributed by atoms with Crippen molar-refractivity contribution in [2.75, 3.05) is 6.54 Å². The molecule has 5 heteroatoms. The van der Waals surface area contributed by atoms with Gasteiger partial charge in [0.25, 0.3) is 5.91 Å². The lowest BCUT2D eigenvalue weighted by Gasteiger charge is -2.17. The quantitative estimate of drug-likeness (QED) is 0.881. The first-order valence-corrected chi connectivity index (χ1v) is 8.84. The van der Waals surface area contributed by atoms with Gasteiger partial charge in [-0.05, 0) is 48.7 Å². The molecule has 0 unspecified atom stereocenters. The summed E-state index contributed by atoms with van der Waals surface area (Å²) in [7, 11) is 0. The lowest BCUT2D eigenvalue weighted by Crippen LogP contribution is -2.27. The molecule has 4 nitrogen and oxygen atoms in total. The third kappa shape index (κ3) is 4.40. The molecule has 0 aliphatic carbocycles. The van der Waals surface area contributed by atoms with E-state index in [2.05, 4.69) is 5.32 Å². The van der Waals surface area contributed by atoms with E-state index in [-0.39, 0.29) is 17.9 Å². The van der Waals surface area contributed by atoms with Crippen LogP contribution in [0, 0.1) is 0 Å². The van der Waals surface area contributed by atoms with Crippen molar-refractivity contribution in [3.63, 3.8) is 0 Å². The van der Waals surface area contributed by atoms with Crippen LogP contribution in [-0.2, 0) is 11.3 Å². The fraction of sp³-hybridized carbons (Fsp3) is 0.300. The Hall–Kier alpha value is -2.33. The van der Waals surface area contributed by atoms with Crippen molar-refractivity contribution in [1.82, 2.24) is 10.2 Å². The SMILES string of the molecule is C[C@H](NC(=O)c1cccc(CN2CCCC2=O)c1)c1ccc(Cl)cc1. The minimum absolute atomic E-state index is 0.117. The number of rotatable bonds is 5. The monoisotopic (exact) mass is 356 g/mol. The zero-order valence-corrected chi connectivity index (χ0v) is 14.9. The fourth-order valence-electron chi connectivity index (χ4n) is 3.02. The molecule has 2 aromatic rings. The summed E-state index contributed by atoms with van der Waals surface area (Å²) in [5.74, 6) is 0.0586. The van der Waals surface area contributed by atoms with Gasteiger partial charge in [-0.25, -0.2) is 0 Å². The van der Waals surface area contributed by atoms with E-state index in [4.69, 9.17) is 11.6 Å². The minimum Gasteiger partial charge on any atom is -0.346 e. The molecule has 0 spiro atoms. The second kappa shape index (κ2) is 7.70. The first-order valence-electron chi connectivity index (χ1n) is 8.46. The molecule has 1 heterocycles. The average molecular weight is 357 g/mol. The molecule has 0 saturated carbocycles. The number of hydrogen-bond donors (Lipinski definition) is 1. The van der Waals surface area contributed by atoms with Gasteiger partial charge in [0.15, 0.2) is 0 Å². The molecule has 130 valence electrons. The van der Waals surface area contributed by atoms with Crippen molar-refractivity contribution < 1.29 is 9.59 Å². The van der Waals surface area contributed by atoms with Crippen molar-refractivity contribution in [3.05, 3.63) is 70.2 Å². The van der Waals surface area contributed by atoms with Crippen LogP contribution in [0.4, 0.5) is 0 Å².